The zero-order valence-electron chi connectivity index (χ0n) is 8.52. The summed E-state index contributed by atoms with van der Waals surface area (Å²) < 4.78 is 0. The summed E-state index contributed by atoms with van der Waals surface area (Å²) in [5.41, 5.74) is 0. The van der Waals surface area contributed by atoms with Crippen LogP contribution in [-0.2, 0) is 4.79 Å². The summed E-state index contributed by atoms with van der Waals surface area (Å²) in [6.07, 6.45) is 2.99. The summed E-state index contributed by atoms with van der Waals surface area (Å²) in [4.78, 5) is 11.3. The van der Waals surface area contributed by atoms with E-state index in [0.29, 0.717) is 18.2 Å². The number of nitrogens with one attached hydrogen (secondary N) is 1. The Labute approximate surface area is 75.7 Å². The Bertz CT molecular complexity index is 119. The van der Waals surface area contributed by atoms with Crippen molar-refractivity contribution >= 4 is 5.78 Å². The van der Waals surface area contributed by atoms with E-state index in [-0.39, 0.29) is 0 Å². The van der Waals surface area contributed by atoms with Crippen LogP contribution in [0.15, 0.2) is 0 Å². The fraction of sp³-hybridized carbons (Fsp3) is 0.900. The van der Waals surface area contributed by atoms with Gasteiger partial charge in [-0.25, -0.2) is 0 Å². The Morgan fingerprint density at radius 2 is 1.83 bits per heavy atom. The van der Waals surface area contributed by atoms with Crippen molar-refractivity contribution < 1.29 is 4.79 Å². The van der Waals surface area contributed by atoms with Crippen molar-refractivity contribution in [2.45, 2.75) is 40.0 Å². The minimum Gasteiger partial charge on any atom is -0.310 e. The van der Waals surface area contributed by atoms with Gasteiger partial charge >= 0.3 is 0 Å². The molecule has 12 heavy (non-hydrogen) atoms. The third-order valence-corrected chi connectivity index (χ3v) is 2.24. The van der Waals surface area contributed by atoms with Gasteiger partial charge in [0.2, 0.25) is 0 Å². The molecule has 0 radical (unpaired) electrons. The Balaban J connectivity index is 3.52. The molecular formula is C10H21NO. The van der Waals surface area contributed by atoms with Crippen molar-refractivity contribution in [1.29, 1.82) is 0 Å². The molecule has 0 saturated carbocycles. The van der Waals surface area contributed by atoms with E-state index in [2.05, 4.69) is 19.2 Å². The van der Waals surface area contributed by atoms with E-state index in [1.807, 2.05) is 6.92 Å². The van der Waals surface area contributed by atoms with Gasteiger partial charge in [0.25, 0.3) is 0 Å². The van der Waals surface area contributed by atoms with Crippen molar-refractivity contribution in [3.8, 4) is 0 Å². The van der Waals surface area contributed by atoms with Gasteiger partial charge in [-0.3, -0.25) is 4.79 Å². The molecular weight excluding hydrogens is 150 g/mol. The van der Waals surface area contributed by atoms with Gasteiger partial charge in [-0.2, -0.15) is 0 Å². The molecule has 0 atom stereocenters. The lowest BCUT2D eigenvalue weighted by atomic mass is 9.97. The summed E-state index contributed by atoms with van der Waals surface area (Å²) in [6.45, 7) is 7.75. The van der Waals surface area contributed by atoms with Crippen LogP contribution in [0.1, 0.15) is 40.0 Å². The van der Waals surface area contributed by atoms with Crippen LogP contribution in [0.25, 0.3) is 0 Å². The Hall–Kier alpha value is -0.370. The van der Waals surface area contributed by atoms with E-state index in [1.54, 1.807) is 0 Å². The van der Waals surface area contributed by atoms with Gasteiger partial charge in [0.1, 0.15) is 5.78 Å². The van der Waals surface area contributed by atoms with Crippen LogP contribution >= 0.6 is 0 Å². The zero-order valence-corrected chi connectivity index (χ0v) is 8.52. The summed E-state index contributed by atoms with van der Waals surface area (Å²) in [6, 6.07) is 0. The molecule has 0 rings (SSSR count). The first-order valence-corrected chi connectivity index (χ1v) is 4.96. The first-order valence-electron chi connectivity index (χ1n) is 4.96. The van der Waals surface area contributed by atoms with Crippen molar-refractivity contribution in [2.24, 2.45) is 5.92 Å². The van der Waals surface area contributed by atoms with Gasteiger partial charge < -0.3 is 5.32 Å². The monoisotopic (exact) mass is 171 g/mol. The van der Waals surface area contributed by atoms with Gasteiger partial charge in [-0.05, 0) is 12.5 Å². The number of hydrogen-bond acceptors (Lipinski definition) is 2. The van der Waals surface area contributed by atoms with Crippen molar-refractivity contribution in [3.05, 3.63) is 0 Å². The smallest absolute Gasteiger partial charge is 0.146 e. The lowest BCUT2D eigenvalue weighted by Crippen LogP contribution is -2.24. The third-order valence-electron chi connectivity index (χ3n) is 2.24. The molecule has 72 valence electrons. The predicted octanol–water partition coefficient (Wildman–Crippen LogP) is 1.99. The van der Waals surface area contributed by atoms with Crippen LogP contribution in [0.5, 0.6) is 0 Å². The van der Waals surface area contributed by atoms with Gasteiger partial charge in [-0.15, -0.1) is 0 Å². The molecule has 0 heterocycles. The molecule has 2 nitrogen and oxygen atoms in total. The van der Waals surface area contributed by atoms with Crippen molar-refractivity contribution in [3.63, 3.8) is 0 Å². The molecule has 0 saturated heterocycles. The van der Waals surface area contributed by atoms with Crippen LogP contribution in [0, 0.1) is 5.92 Å². The predicted molar refractivity (Wildman–Crippen MR) is 52.2 cm³/mol. The number of carbonyl (C=O) groups excluding carboxylic acids is 1. The van der Waals surface area contributed by atoms with Gasteiger partial charge in [0.05, 0.1) is 6.54 Å². The number of carbonyl (C=O) groups is 1. The lowest BCUT2D eigenvalue weighted by Gasteiger charge is -2.10. The highest BCUT2D eigenvalue weighted by molar-refractivity contribution is 5.80. The average molecular weight is 171 g/mol. The van der Waals surface area contributed by atoms with Crippen LogP contribution in [0.3, 0.4) is 0 Å². The largest absolute Gasteiger partial charge is 0.310 e. The molecule has 0 spiro atoms. The Morgan fingerprint density at radius 3 is 2.25 bits per heavy atom. The maximum atomic E-state index is 11.3. The topological polar surface area (TPSA) is 29.1 Å². The van der Waals surface area contributed by atoms with Crippen LogP contribution < -0.4 is 5.32 Å². The third kappa shape index (κ3) is 5.30. The molecule has 0 aliphatic heterocycles. The summed E-state index contributed by atoms with van der Waals surface area (Å²) in [7, 11) is 0. The maximum Gasteiger partial charge on any atom is 0.146 e. The molecule has 0 aromatic carbocycles. The lowest BCUT2D eigenvalue weighted by molar-refractivity contribution is -0.119. The molecule has 0 unspecified atom stereocenters. The van der Waals surface area contributed by atoms with E-state index in [9.17, 15) is 4.79 Å². The number of hydrogen-bond donors (Lipinski definition) is 1. The van der Waals surface area contributed by atoms with Gasteiger partial charge in [0, 0.05) is 6.42 Å². The fourth-order valence-electron chi connectivity index (χ4n) is 1.24. The van der Waals surface area contributed by atoms with Gasteiger partial charge in [0.15, 0.2) is 0 Å². The fourth-order valence-corrected chi connectivity index (χ4v) is 1.24. The highest BCUT2D eigenvalue weighted by Crippen LogP contribution is 2.12. The number of rotatable bonds is 7. The second-order valence-corrected chi connectivity index (χ2v) is 3.21. The number of Topliss-reactive ketones (excluding diaryl/α,β-unsaturated/α-hetero) is 1. The highest BCUT2D eigenvalue weighted by atomic mass is 16.1. The normalized spacial score (nSPS) is 10.7. The molecule has 0 bridgehead atoms. The maximum absolute atomic E-state index is 11.3. The molecule has 0 aliphatic carbocycles. The molecule has 1 N–H and O–H groups in total. The van der Waals surface area contributed by atoms with Crippen molar-refractivity contribution in [2.75, 3.05) is 13.1 Å². The zero-order chi connectivity index (χ0) is 9.40. The summed E-state index contributed by atoms with van der Waals surface area (Å²) in [5, 5.41) is 3.05. The van der Waals surface area contributed by atoms with E-state index >= 15 is 0 Å². The SMILES string of the molecule is CCNCC(=O)CC(CC)CC. The summed E-state index contributed by atoms with van der Waals surface area (Å²) in [5.74, 6) is 0.946. The van der Waals surface area contributed by atoms with E-state index in [4.69, 9.17) is 0 Å². The minimum atomic E-state index is 0.352. The molecule has 0 aliphatic rings. The standard InChI is InChI=1S/C10H21NO/c1-4-9(5-2)7-10(12)8-11-6-3/h9,11H,4-8H2,1-3H3. The molecule has 0 aromatic heterocycles. The number of ketones is 1. The molecule has 0 amide bonds. The van der Waals surface area contributed by atoms with Crippen molar-refractivity contribution in [1.82, 2.24) is 5.32 Å². The Morgan fingerprint density at radius 1 is 1.25 bits per heavy atom. The van der Waals surface area contributed by atoms with E-state index < -0.39 is 0 Å². The second kappa shape index (κ2) is 7.29. The molecule has 0 fully saturated rings. The number of likely N-dealkylation sites (N-methyl/N-ethyl adjacent to an activating group) is 1. The van der Waals surface area contributed by atoms with Gasteiger partial charge in [-0.1, -0.05) is 33.6 Å². The first-order chi connectivity index (χ1) is 5.74. The first kappa shape index (κ1) is 11.6. The van der Waals surface area contributed by atoms with E-state index in [1.165, 1.54) is 0 Å². The minimum absolute atomic E-state index is 0.352. The quantitative estimate of drug-likeness (QED) is 0.634. The Kier molecular flexibility index (Phi) is 7.06. The molecule has 0 aromatic rings. The second-order valence-electron chi connectivity index (χ2n) is 3.21. The highest BCUT2D eigenvalue weighted by Gasteiger charge is 2.08. The summed E-state index contributed by atoms with van der Waals surface area (Å²) >= 11 is 0. The van der Waals surface area contributed by atoms with Crippen LogP contribution in [0.2, 0.25) is 0 Å². The van der Waals surface area contributed by atoms with E-state index in [0.717, 1.165) is 25.8 Å². The average Bonchev–Trinajstić information content (AvgIpc) is 2.10. The van der Waals surface area contributed by atoms with Crippen LogP contribution in [-0.4, -0.2) is 18.9 Å². The molecule has 2 heteroatoms. The van der Waals surface area contributed by atoms with Crippen LogP contribution in [0.4, 0.5) is 0 Å².